The third kappa shape index (κ3) is 3.61. The predicted octanol–water partition coefficient (Wildman–Crippen LogP) is 4.63. The highest BCUT2D eigenvalue weighted by atomic mass is 127. The van der Waals surface area contributed by atoms with Crippen LogP contribution in [0.4, 0.5) is 10.5 Å². The van der Waals surface area contributed by atoms with Gasteiger partial charge in [-0.2, -0.15) is 0 Å². The molecule has 0 bridgehead atoms. The maximum absolute atomic E-state index is 11.4. The van der Waals surface area contributed by atoms with Gasteiger partial charge in [-0.15, -0.1) is 0 Å². The highest BCUT2D eigenvalue weighted by Gasteiger charge is 2.16. The molecule has 0 radical (unpaired) electrons. The quantitative estimate of drug-likeness (QED) is 0.780. The lowest BCUT2D eigenvalue weighted by Crippen LogP contribution is -2.29. The second-order valence-corrected chi connectivity index (χ2v) is 5.55. The minimum Gasteiger partial charge on any atom is -0.465 e. The van der Waals surface area contributed by atoms with Crippen molar-refractivity contribution >= 4 is 46.0 Å². The Kier molecular flexibility index (Phi) is 4.66. The summed E-state index contributed by atoms with van der Waals surface area (Å²) in [4.78, 5) is 12.7. The van der Waals surface area contributed by atoms with E-state index in [0.717, 1.165) is 9.13 Å². The van der Waals surface area contributed by atoms with Gasteiger partial charge in [0.2, 0.25) is 0 Å². The van der Waals surface area contributed by atoms with Gasteiger partial charge in [0.15, 0.2) is 0 Å². The second kappa shape index (κ2) is 6.25. The molecule has 0 heterocycles. The minimum absolute atomic E-state index is 0.298. The first-order valence-electron chi connectivity index (χ1n) is 5.57. The number of carboxylic acid groups (broad SMARTS) is 1. The summed E-state index contributed by atoms with van der Waals surface area (Å²) in [5.41, 5.74) is 1.58. The molecule has 3 nitrogen and oxygen atoms in total. The summed E-state index contributed by atoms with van der Waals surface area (Å²) in [5.74, 6) is 0. The first-order chi connectivity index (χ1) is 9.08. The van der Waals surface area contributed by atoms with Crippen molar-refractivity contribution in [2.45, 2.75) is 6.54 Å². The molecule has 0 atom stereocenters. The van der Waals surface area contributed by atoms with E-state index in [0.29, 0.717) is 17.3 Å². The van der Waals surface area contributed by atoms with Gasteiger partial charge in [0.05, 0.1) is 12.2 Å². The van der Waals surface area contributed by atoms with Crippen molar-refractivity contribution in [3.63, 3.8) is 0 Å². The molecule has 0 aliphatic rings. The molecule has 5 heteroatoms. The maximum atomic E-state index is 11.4. The van der Waals surface area contributed by atoms with E-state index >= 15 is 0 Å². The molecule has 1 N–H and O–H groups in total. The molecule has 2 aromatic carbocycles. The Bertz CT molecular complexity index is 586. The summed E-state index contributed by atoms with van der Waals surface area (Å²) in [6, 6.07) is 14.6. The zero-order valence-corrected chi connectivity index (χ0v) is 12.8. The van der Waals surface area contributed by atoms with Gasteiger partial charge >= 0.3 is 6.09 Å². The Balaban J connectivity index is 2.29. The molecular weight excluding hydrogens is 377 g/mol. The summed E-state index contributed by atoms with van der Waals surface area (Å²) < 4.78 is 0.900. The number of amides is 1. The predicted molar refractivity (Wildman–Crippen MR) is 84.8 cm³/mol. The van der Waals surface area contributed by atoms with E-state index < -0.39 is 6.09 Å². The summed E-state index contributed by atoms with van der Waals surface area (Å²) in [5, 5.41) is 10.0. The van der Waals surface area contributed by atoms with Crippen LogP contribution in [0.15, 0.2) is 48.5 Å². The molecule has 0 aliphatic heterocycles. The van der Waals surface area contributed by atoms with Gasteiger partial charge in [-0.05, 0) is 52.4 Å². The molecule has 0 saturated carbocycles. The van der Waals surface area contributed by atoms with Crippen molar-refractivity contribution in [3.8, 4) is 0 Å². The molecule has 98 valence electrons. The molecule has 19 heavy (non-hydrogen) atoms. The van der Waals surface area contributed by atoms with Crippen molar-refractivity contribution in [1.82, 2.24) is 0 Å². The van der Waals surface area contributed by atoms with Crippen molar-refractivity contribution in [2.75, 3.05) is 4.90 Å². The van der Waals surface area contributed by atoms with Gasteiger partial charge in [-0.1, -0.05) is 35.9 Å². The molecule has 0 saturated heterocycles. The molecule has 0 unspecified atom stereocenters. The first kappa shape index (κ1) is 14.1. The molecule has 0 spiro atoms. The van der Waals surface area contributed by atoms with Crippen LogP contribution in [0.2, 0.25) is 5.02 Å². The van der Waals surface area contributed by atoms with Crippen LogP contribution < -0.4 is 4.90 Å². The Morgan fingerprint density at radius 1 is 1.16 bits per heavy atom. The maximum Gasteiger partial charge on any atom is 0.412 e. The topological polar surface area (TPSA) is 40.5 Å². The number of halogens is 2. The molecule has 2 aromatic rings. The third-order valence-electron chi connectivity index (χ3n) is 2.63. The van der Waals surface area contributed by atoms with Crippen LogP contribution in [0.25, 0.3) is 0 Å². The molecule has 0 aromatic heterocycles. The fourth-order valence-corrected chi connectivity index (χ4v) is 2.50. The monoisotopic (exact) mass is 387 g/mol. The van der Waals surface area contributed by atoms with E-state index in [9.17, 15) is 9.90 Å². The van der Waals surface area contributed by atoms with Gasteiger partial charge in [0.1, 0.15) is 0 Å². The average molecular weight is 388 g/mol. The lowest BCUT2D eigenvalue weighted by molar-refractivity contribution is 0.201. The zero-order valence-electron chi connectivity index (χ0n) is 9.88. The van der Waals surface area contributed by atoms with Crippen LogP contribution in [0.1, 0.15) is 5.56 Å². The molecular formula is C14H11ClINO2. The van der Waals surface area contributed by atoms with E-state index in [1.165, 1.54) is 4.90 Å². The highest BCUT2D eigenvalue weighted by Crippen LogP contribution is 2.24. The van der Waals surface area contributed by atoms with Gasteiger partial charge in [-0.25, -0.2) is 4.79 Å². The van der Waals surface area contributed by atoms with Crippen LogP contribution in [0, 0.1) is 3.57 Å². The minimum atomic E-state index is -0.973. The summed E-state index contributed by atoms with van der Waals surface area (Å²) in [7, 11) is 0. The number of hydrogen-bond donors (Lipinski definition) is 1. The lowest BCUT2D eigenvalue weighted by atomic mass is 10.2. The van der Waals surface area contributed by atoms with Crippen molar-refractivity contribution in [2.24, 2.45) is 0 Å². The Hall–Kier alpha value is -1.27. The van der Waals surface area contributed by atoms with E-state index in [-0.39, 0.29) is 0 Å². The fraction of sp³-hybridized carbons (Fsp3) is 0.0714. The van der Waals surface area contributed by atoms with Crippen molar-refractivity contribution < 1.29 is 9.90 Å². The van der Waals surface area contributed by atoms with Crippen molar-refractivity contribution in [3.05, 3.63) is 62.7 Å². The lowest BCUT2D eigenvalue weighted by Gasteiger charge is -2.20. The van der Waals surface area contributed by atoms with Crippen LogP contribution in [0.5, 0.6) is 0 Å². The summed E-state index contributed by atoms with van der Waals surface area (Å²) >= 11 is 7.95. The van der Waals surface area contributed by atoms with E-state index in [4.69, 9.17) is 11.6 Å². The standard InChI is InChI=1S/C14H11ClINO2/c15-11-7-5-10(6-8-11)9-17(14(18)19)13-4-2-1-3-12(13)16/h1-8H,9H2,(H,18,19). The number of rotatable bonds is 3. The first-order valence-corrected chi connectivity index (χ1v) is 7.03. The summed E-state index contributed by atoms with van der Waals surface area (Å²) in [6.45, 7) is 0.298. The summed E-state index contributed by atoms with van der Waals surface area (Å²) in [6.07, 6.45) is -0.973. The Labute approximate surface area is 129 Å². The zero-order chi connectivity index (χ0) is 13.8. The number of carbonyl (C=O) groups is 1. The molecule has 0 fully saturated rings. The number of hydrogen-bond acceptors (Lipinski definition) is 1. The van der Waals surface area contributed by atoms with E-state index in [2.05, 4.69) is 22.6 Å². The highest BCUT2D eigenvalue weighted by molar-refractivity contribution is 14.1. The number of nitrogens with zero attached hydrogens (tertiary/aromatic N) is 1. The number of para-hydroxylation sites is 1. The molecule has 2 rings (SSSR count). The SMILES string of the molecule is O=C(O)N(Cc1ccc(Cl)cc1)c1ccccc1I. The van der Waals surface area contributed by atoms with Gasteiger partial charge in [-0.3, -0.25) is 4.90 Å². The van der Waals surface area contributed by atoms with Crippen LogP contribution in [0.3, 0.4) is 0 Å². The average Bonchev–Trinajstić information content (AvgIpc) is 2.39. The Morgan fingerprint density at radius 3 is 2.37 bits per heavy atom. The molecule has 1 amide bonds. The van der Waals surface area contributed by atoms with Crippen molar-refractivity contribution in [1.29, 1.82) is 0 Å². The third-order valence-corrected chi connectivity index (χ3v) is 3.79. The van der Waals surface area contributed by atoms with E-state index in [1.807, 2.05) is 30.3 Å². The largest absolute Gasteiger partial charge is 0.465 e. The van der Waals surface area contributed by atoms with Gasteiger partial charge < -0.3 is 5.11 Å². The smallest absolute Gasteiger partial charge is 0.412 e. The van der Waals surface area contributed by atoms with Crippen LogP contribution in [-0.4, -0.2) is 11.2 Å². The van der Waals surface area contributed by atoms with Crippen LogP contribution >= 0.6 is 34.2 Å². The fourth-order valence-electron chi connectivity index (χ4n) is 1.70. The van der Waals surface area contributed by atoms with Gasteiger partial charge in [0, 0.05) is 8.59 Å². The number of benzene rings is 2. The second-order valence-electron chi connectivity index (χ2n) is 3.95. The normalized spacial score (nSPS) is 10.2. The molecule has 0 aliphatic carbocycles. The van der Waals surface area contributed by atoms with Crippen LogP contribution in [-0.2, 0) is 6.54 Å². The number of anilines is 1. The Morgan fingerprint density at radius 2 is 1.79 bits per heavy atom. The van der Waals surface area contributed by atoms with E-state index in [1.54, 1.807) is 18.2 Å². The van der Waals surface area contributed by atoms with Gasteiger partial charge in [0.25, 0.3) is 0 Å².